The van der Waals surface area contributed by atoms with Crippen molar-refractivity contribution in [2.24, 2.45) is 14.1 Å². The summed E-state index contributed by atoms with van der Waals surface area (Å²) >= 11 is 2.54. The first-order chi connectivity index (χ1) is 14.8. The summed E-state index contributed by atoms with van der Waals surface area (Å²) in [6.45, 7) is 2.39. The third-order valence-corrected chi connectivity index (χ3v) is 6.45. The maximum absolute atomic E-state index is 12.9. The van der Waals surface area contributed by atoms with Crippen molar-refractivity contribution in [3.8, 4) is 0 Å². The first-order valence-corrected chi connectivity index (χ1v) is 11.3. The van der Waals surface area contributed by atoms with Crippen molar-refractivity contribution in [2.75, 3.05) is 11.1 Å². The van der Waals surface area contributed by atoms with E-state index in [-0.39, 0.29) is 11.7 Å². The highest BCUT2D eigenvalue weighted by Crippen LogP contribution is 2.23. The van der Waals surface area contributed by atoms with Gasteiger partial charge >= 0.3 is 5.69 Å². The van der Waals surface area contributed by atoms with Crippen LogP contribution >= 0.6 is 23.1 Å². The monoisotopic (exact) mass is 456 g/mol. The van der Waals surface area contributed by atoms with Crippen LogP contribution in [0.5, 0.6) is 0 Å². The molecule has 0 spiro atoms. The molecule has 0 aliphatic heterocycles. The largest absolute Gasteiger partial charge is 0.332 e. The zero-order valence-corrected chi connectivity index (χ0v) is 18.8. The lowest BCUT2D eigenvalue weighted by Gasteiger charge is -2.10. The van der Waals surface area contributed by atoms with Gasteiger partial charge < -0.3 is 9.88 Å². The average molecular weight is 457 g/mol. The molecule has 1 amide bonds. The van der Waals surface area contributed by atoms with Crippen molar-refractivity contribution >= 4 is 45.3 Å². The minimum absolute atomic E-state index is 0.0884. The van der Waals surface area contributed by atoms with Gasteiger partial charge in [0.2, 0.25) is 5.91 Å². The number of aryl methyl sites for hydroxylation is 2. The molecule has 1 aromatic carbocycles. The van der Waals surface area contributed by atoms with E-state index in [9.17, 15) is 14.4 Å². The van der Waals surface area contributed by atoms with E-state index in [2.05, 4.69) is 15.3 Å². The summed E-state index contributed by atoms with van der Waals surface area (Å²) in [5.74, 6) is -0.138. The van der Waals surface area contributed by atoms with Crippen molar-refractivity contribution in [1.29, 1.82) is 0 Å². The molecule has 0 bridgehead atoms. The summed E-state index contributed by atoms with van der Waals surface area (Å²) in [6.07, 6.45) is 1.62. The third kappa shape index (κ3) is 4.19. The summed E-state index contributed by atoms with van der Waals surface area (Å²) in [4.78, 5) is 46.2. The summed E-state index contributed by atoms with van der Waals surface area (Å²) in [6, 6.07) is 7.96. The SMILES string of the molecule is Cc1ccc(Cn2c(SCC(=O)Nc3nccs3)nc3c2c(=O)n(C)c(=O)n3C)cc1. The number of aromatic nitrogens is 5. The van der Waals surface area contributed by atoms with Crippen LogP contribution in [0.25, 0.3) is 11.2 Å². The maximum atomic E-state index is 12.9. The summed E-state index contributed by atoms with van der Waals surface area (Å²) in [5, 5.41) is 5.52. The molecule has 4 aromatic rings. The maximum Gasteiger partial charge on any atom is 0.332 e. The Bertz CT molecular complexity index is 1370. The van der Waals surface area contributed by atoms with E-state index >= 15 is 0 Å². The van der Waals surface area contributed by atoms with Crippen LogP contribution in [-0.2, 0) is 25.4 Å². The minimum atomic E-state index is -0.449. The fourth-order valence-corrected chi connectivity index (χ4v) is 4.47. The van der Waals surface area contributed by atoms with Crippen LogP contribution in [0.15, 0.2) is 50.6 Å². The number of carbonyl (C=O) groups excluding carboxylic acids is 1. The number of thiazole rings is 1. The number of benzene rings is 1. The average Bonchev–Trinajstić information content (AvgIpc) is 3.39. The Morgan fingerprint density at radius 3 is 2.58 bits per heavy atom. The number of fused-ring (bicyclic) bond motifs is 1. The molecule has 0 aliphatic carbocycles. The molecule has 3 heterocycles. The molecule has 160 valence electrons. The van der Waals surface area contributed by atoms with Gasteiger partial charge in [0, 0.05) is 25.7 Å². The fraction of sp³-hybridized carbons (Fsp3) is 0.250. The third-order valence-electron chi connectivity index (χ3n) is 4.79. The summed E-state index contributed by atoms with van der Waals surface area (Å²) in [7, 11) is 3.03. The molecule has 9 nitrogen and oxygen atoms in total. The standard InChI is InChI=1S/C20H20N6O3S2/c1-12-4-6-13(7-5-12)10-26-15-16(24(2)20(29)25(3)17(15)28)23-19(26)31-11-14(27)22-18-21-8-9-30-18/h4-9H,10-11H2,1-3H3,(H,21,22,27). The first-order valence-electron chi connectivity index (χ1n) is 9.39. The second-order valence-electron chi connectivity index (χ2n) is 7.02. The normalized spacial score (nSPS) is 11.2. The highest BCUT2D eigenvalue weighted by atomic mass is 32.2. The van der Waals surface area contributed by atoms with E-state index < -0.39 is 11.2 Å². The number of nitrogens with zero attached hydrogens (tertiary/aromatic N) is 5. The zero-order chi connectivity index (χ0) is 22.1. The Kier molecular flexibility index (Phi) is 5.79. The first kappa shape index (κ1) is 21.1. The Morgan fingerprint density at radius 1 is 1.16 bits per heavy atom. The number of carbonyl (C=O) groups is 1. The van der Waals surface area contributed by atoms with Crippen molar-refractivity contribution < 1.29 is 4.79 Å². The number of nitrogens with one attached hydrogen (secondary N) is 1. The van der Waals surface area contributed by atoms with E-state index in [1.807, 2.05) is 31.2 Å². The quantitative estimate of drug-likeness (QED) is 0.445. The van der Waals surface area contributed by atoms with E-state index in [0.717, 1.165) is 15.7 Å². The van der Waals surface area contributed by atoms with Gasteiger partial charge in [-0.25, -0.2) is 14.8 Å². The van der Waals surface area contributed by atoms with Gasteiger partial charge in [0.1, 0.15) is 0 Å². The molecule has 31 heavy (non-hydrogen) atoms. The lowest BCUT2D eigenvalue weighted by atomic mass is 10.1. The van der Waals surface area contributed by atoms with Gasteiger partial charge in [-0.2, -0.15) is 0 Å². The van der Waals surface area contributed by atoms with Crippen LogP contribution in [0.3, 0.4) is 0 Å². The number of thioether (sulfide) groups is 1. The van der Waals surface area contributed by atoms with Crippen molar-refractivity contribution in [3.05, 3.63) is 67.8 Å². The molecule has 0 atom stereocenters. The second kappa shape index (κ2) is 8.52. The van der Waals surface area contributed by atoms with Gasteiger partial charge in [-0.3, -0.25) is 18.7 Å². The van der Waals surface area contributed by atoms with E-state index in [1.54, 1.807) is 23.2 Å². The molecule has 0 fully saturated rings. The summed E-state index contributed by atoms with van der Waals surface area (Å²) in [5.41, 5.74) is 1.87. The van der Waals surface area contributed by atoms with Crippen LogP contribution in [0.2, 0.25) is 0 Å². The number of amides is 1. The van der Waals surface area contributed by atoms with Crippen molar-refractivity contribution in [2.45, 2.75) is 18.6 Å². The van der Waals surface area contributed by atoms with Crippen LogP contribution in [0.1, 0.15) is 11.1 Å². The van der Waals surface area contributed by atoms with E-state index in [4.69, 9.17) is 0 Å². The molecule has 0 unspecified atom stereocenters. The summed E-state index contributed by atoms with van der Waals surface area (Å²) < 4.78 is 4.18. The Hall–Kier alpha value is -3.18. The van der Waals surface area contributed by atoms with E-state index in [0.29, 0.717) is 28.0 Å². The number of imidazole rings is 1. The van der Waals surface area contributed by atoms with Crippen LogP contribution in [-0.4, -0.2) is 35.3 Å². The van der Waals surface area contributed by atoms with Gasteiger partial charge in [-0.05, 0) is 12.5 Å². The Labute approximate surface area is 185 Å². The van der Waals surface area contributed by atoms with Crippen LogP contribution in [0, 0.1) is 6.92 Å². The minimum Gasteiger partial charge on any atom is -0.309 e. The van der Waals surface area contributed by atoms with Crippen LogP contribution < -0.4 is 16.6 Å². The lowest BCUT2D eigenvalue weighted by Crippen LogP contribution is -2.37. The van der Waals surface area contributed by atoms with Crippen LogP contribution in [0.4, 0.5) is 5.13 Å². The van der Waals surface area contributed by atoms with E-state index in [1.165, 1.54) is 34.7 Å². The molecule has 3 aromatic heterocycles. The fourth-order valence-electron chi connectivity index (χ4n) is 3.13. The number of anilines is 1. The highest BCUT2D eigenvalue weighted by molar-refractivity contribution is 7.99. The molecule has 0 radical (unpaired) electrons. The Morgan fingerprint density at radius 2 is 1.90 bits per heavy atom. The predicted molar refractivity (Wildman–Crippen MR) is 122 cm³/mol. The van der Waals surface area contributed by atoms with Crippen molar-refractivity contribution in [1.82, 2.24) is 23.7 Å². The molecule has 11 heteroatoms. The van der Waals surface area contributed by atoms with Gasteiger partial charge in [-0.1, -0.05) is 41.6 Å². The smallest absolute Gasteiger partial charge is 0.309 e. The lowest BCUT2D eigenvalue weighted by molar-refractivity contribution is -0.113. The molecular formula is C20H20N6O3S2. The molecule has 0 saturated carbocycles. The number of hydrogen-bond acceptors (Lipinski definition) is 7. The molecule has 1 N–H and O–H groups in total. The van der Waals surface area contributed by atoms with Gasteiger partial charge in [0.25, 0.3) is 5.56 Å². The Balaban J connectivity index is 1.74. The van der Waals surface area contributed by atoms with Gasteiger partial charge in [0.15, 0.2) is 21.5 Å². The predicted octanol–water partition coefficient (Wildman–Crippen LogP) is 1.98. The zero-order valence-electron chi connectivity index (χ0n) is 17.2. The molecule has 4 rings (SSSR count). The number of rotatable bonds is 6. The highest BCUT2D eigenvalue weighted by Gasteiger charge is 2.20. The van der Waals surface area contributed by atoms with Crippen molar-refractivity contribution in [3.63, 3.8) is 0 Å². The second-order valence-corrected chi connectivity index (χ2v) is 8.86. The van der Waals surface area contributed by atoms with Gasteiger partial charge in [-0.15, -0.1) is 11.3 Å². The van der Waals surface area contributed by atoms with Gasteiger partial charge in [0.05, 0.1) is 12.3 Å². The topological polar surface area (TPSA) is 104 Å². The molecule has 0 saturated heterocycles. The molecule has 0 aliphatic rings. The molecular weight excluding hydrogens is 436 g/mol. The number of hydrogen-bond donors (Lipinski definition) is 1.